The van der Waals surface area contributed by atoms with E-state index in [2.05, 4.69) is 27.7 Å². The molecule has 0 saturated heterocycles. The van der Waals surface area contributed by atoms with Gasteiger partial charge in [-0.25, -0.2) is 4.79 Å². The van der Waals surface area contributed by atoms with Crippen molar-refractivity contribution in [2.75, 3.05) is 6.61 Å². The molecule has 0 aliphatic heterocycles. The Morgan fingerprint density at radius 2 is 1.00 bits per heavy atom. The Morgan fingerprint density at radius 3 is 1.39 bits per heavy atom. The van der Waals surface area contributed by atoms with Gasteiger partial charge in [0.15, 0.2) is 0 Å². The molecule has 0 amide bonds. The molecule has 0 radical (unpaired) electrons. The number of hydrogen-bond acceptors (Lipinski definition) is 2. The number of hydrogen-bond donors (Lipinski definition) is 0. The fourth-order valence-corrected chi connectivity index (χ4v) is 5.19. The van der Waals surface area contributed by atoms with Crippen molar-refractivity contribution >= 4 is 5.97 Å². The molecule has 0 spiro atoms. The van der Waals surface area contributed by atoms with Crippen molar-refractivity contribution in [3.8, 4) is 0 Å². The summed E-state index contributed by atoms with van der Waals surface area (Å²) in [7, 11) is 0. The molecule has 1 unspecified atom stereocenters. The molecular weight excluding hydrogens is 440 g/mol. The topological polar surface area (TPSA) is 26.3 Å². The molecule has 0 bridgehead atoms. The lowest BCUT2D eigenvalue weighted by atomic mass is 9.80. The second-order valence-electron chi connectivity index (χ2n) is 11.6. The predicted molar refractivity (Wildman–Crippen MR) is 158 cm³/mol. The number of esters is 1. The average molecular weight is 501 g/mol. The first-order valence-electron chi connectivity index (χ1n) is 15.8. The van der Waals surface area contributed by atoms with Crippen LogP contribution in [0.1, 0.15) is 172 Å². The first-order valence-corrected chi connectivity index (χ1v) is 15.8. The maximum absolute atomic E-state index is 12.7. The molecule has 0 N–H and O–H groups in total. The Balaban J connectivity index is 2.41. The maximum Gasteiger partial charge on any atom is 0.338 e. The first kappa shape index (κ1) is 32.7. The molecular formula is C34H60O2. The van der Waals surface area contributed by atoms with Gasteiger partial charge in [0.05, 0.1) is 12.2 Å². The van der Waals surface area contributed by atoms with Crippen LogP contribution < -0.4 is 0 Å². The number of aryl methyl sites for hydroxylation is 1. The monoisotopic (exact) mass is 500 g/mol. The van der Waals surface area contributed by atoms with E-state index in [-0.39, 0.29) is 11.4 Å². The summed E-state index contributed by atoms with van der Waals surface area (Å²) in [6.07, 6.45) is 27.7. The van der Waals surface area contributed by atoms with E-state index in [1.165, 1.54) is 134 Å². The van der Waals surface area contributed by atoms with E-state index >= 15 is 0 Å². The van der Waals surface area contributed by atoms with Gasteiger partial charge in [0.2, 0.25) is 0 Å². The fraction of sp³-hybridized carbons (Fsp3) is 0.794. The lowest BCUT2D eigenvalue weighted by molar-refractivity contribution is 0.0264. The van der Waals surface area contributed by atoms with Crippen molar-refractivity contribution in [2.24, 2.45) is 5.41 Å². The number of carbonyl (C=O) groups excluding carboxylic acids is 1. The van der Waals surface area contributed by atoms with E-state index in [9.17, 15) is 4.79 Å². The third-order valence-electron chi connectivity index (χ3n) is 7.92. The summed E-state index contributed by atoms with van der Waals surface area (Å²) in [4.78, 5) is 12.7. The van der Waals surface area contributed by atoms with Gasteiger partial charge in [-0.1, -0.05) is 155 Å². The van der Waals surface area contributed by atoms with E-state index in [0.29, 0.717) is 12.2 Å². The largest absolute Gasteiger partial charge is 0.462 e. The molecule has 1 atom stereocenters. The Kier molecular flexibility index (Phi) is 19.8. The average Bonchev–Trinajstić information content (AvgIpc) is 2.90. The van der Waals surface area contributed by atoms with E-state index < -0.39 is 0 Å². The molecule has 0 aliphatic rings. The van der Waals surface area contributed by atoms with Crippen molar-refractivity contribution in [2.45, 2.75) is 163 Å². The summed E-state index contributed by atoms with van der Waals surface area (Å²) in [6, 6.07) is 7.92. The first-order chi connectivity index (χ1) is 17.5. The van der Waals surface area contributed by atoms with E-state index in [0.717, 1.165) is 6.42 Å². The van der Waals surface area contributed by atoms with Crippen LogP contribution in [0, 0.1) is 5.41 Å². The molecule has 36 heavy (non-hydrogen) atoms. The Bertz CT molecular complexity index is 635. The highest BCUT2D eigenvalue weighted by molar-refractivity contribution is 5.89. The maximum atomic E-state index is 12.7. The van der Waals surface area contributed by atoms with Gasteiger partial charge < -0.3 is 4.74 Å². The van der Waals surface area contributed by atoms with Crippen LogP contribution in [0.4, 0.5) is 0 Å². The Hall–Kier alpha value is -1.31. The highest BCUT2D eigenvalue weighted by Crippen LogP contribution is 2.32. The van der Waals surface area contributed by atoms with Gasteiger partial charge in [-0.15, -0.1) is 0 Å². The SMILES string of the molecule is CCCCCCCCCCCCC(C)(CCCCCCCCCC)COC(=O)c1ccc(CC)cc1. The van der Waals surface area contributed by atoms with Crippen molar-refractivity contribution in [1.29, 1.82) is 0 Å². The molecule has 0 aromatic heterocycles. The van der Waals surface area contributed by atoms with Crippen molar-refractivity contribution < 1.29 is 9.53 Å². The van der Waals surface area contributed by atoms with Gasteiger partial charge in [0.1, 0.15) is 0 Å². The highest BCUT2D eigenvalue weighted by Gasteiger charge is 2.26. The van der Waals surface area contributed by atoms with Crippen LogP contribution in [0.2, 0.25) is 0 Å². The molecule has 1 aromatic rings. The second-order valence-corrected chi connectivity index (χ2v) is 11.6. The Labute approximate surface area is 225 Å². The predicted octanol–water partition coefficient (Wildman–Crippen LogP) is 11.3. The third kappa shape index (κ3) is 16.4. The van der Waals surface area contributed by atoms with Crippen molar-refractivity contribution in [1.82, 2.24) is 0 Å². The van der Waals surface area contributed by atoms with Gasteiger partial charge >= 0.3 is 5.97 Å². The number of benzene rings is 1. The van der Waals surface area contributed by atoms with Crippen LogP contribution in [0.25, 0.3) is 0 Å². The minimum absolute atomic E-state index is 0.0986. The zero-order valence-electron chi connectivity index (χ0n) is 24.7. The van der Waals surface area contributed by atoms with Gasteiger partial charge in [-0.2, -0.15) is 0 Å². The summed E-state index contributed by atoms with van der Waals surface area (Å²) < 4.78 is 5.89. The van der Waals surface area contributed by atoms with E-state index in [1.54, 1.807) is 0 Å². The number of ether oxygens (including phenoxy) is 1. The zero-order valence-corrected chi connectivity index (χ0v) is 24.7. The van der Waals surface area contributed by atoms with Gasteiger partial charge in [0.25, 0.3) is 0 Å². The number of carbonyl (C=O) groups is 1. The van der Waals surface area contributed by atoms with Gasteiger partial charge in [-0.05, 0) is 37.0 Å². The van der Waals surface area contributed by atoms with Crippen LogP contribution in [-0.2, 0) is 11.2 Å². The van der Waals surface area contributed by atoms with Crippen LogP contribution in [-0.4, -0.2) is 12.6 Å². The van der Waals surface area contributed by atoms with Gasteiger partial charge in [0, 0.05) is 5.41 Å². The molecule has 0 aliphatic carbocycles. The van der Waals surface area contributed by atoms with Gasteiger partial charge in [-0.3, -0.25) is 0 Å². The summed E-state index contributed by atoms with van der Waals surface area (Å²) in [5.41, 5.74) is 2.04. The summed E-state index contributed by atoms with van der Waals surface area (Å²) >= 11 is 0. The molecule has 0 fully saturated rings. The summed E-state index contributed by atoms with van der Waals surface area (Å²) in [5, 5.41) is 0. The fourth-order valence-electron chi connectivity index (χ4n) is 5.19. The molecule has 2 heteroatoms. The molecule has 1 rings (SSSR count). The normalized spacial score (nSPS) is 13.0. The third-order valence-corrected chi connectivity index (χ3v) is 7.92. The number of rotatable bonds is 24. The molecule has 1 aromatic carbocycles. The minimum atomic E-state index is -0.164. The molecule has 0 heterocycles. The molecule has 208 valence electrons. The highest BCUT2D eigenvalue weighted by atomic mass is 16.5. The van der Waals surface area contributed by atoms with Crippen LogP contribution in [0.15, 0.2) is 24.3 Å². The number of unbranched alkanes of at least 4 members (excludes halogenated alkanes) is 16. The second kappa shape index (κ2) is 21.7. The molecule has 2 nitrogen and oxygen atoms in total. The standard InChI is InChI=1S/C34H60O2/c1-5-8-10-12-14-16-17-19-21-23-29-34(4,28-22-20-18-15-13-11-9-6-2)30-36-33(35)32-26-24-31(7-3)25-27-32/h24-27H,5-23,28-30H2,1-4H3. The van der Waals surface area contributed by atoms with Crippen molar-refractivity contribution in [3.63, 3.8) is 0 Å². The van der Waals surface area contributed by atoms with E-state index in [4.69, 9.17) is 4.74 Å². The lowest BCUT2D eigenvalue weighted by Gasteiger charge is -2.29. The molecule has 0 saturated carbocycles. The summed E-state index contributed by atoms with van der Waals surface area (Å²) in [6.45, 7) is 9.61. The lowest BCUT2D eigenvalue weighted by Crippen LogP contribution is -2.25. The van der Waals surface area contributed by atoms with Crippen molar-refractivity contribution in [3.05, 3.63) is 35.4 Å². The van der Waals surface area contributed by atoms with E-state index in [1.807, 2.05) is 24.3 Å². The zero-order chi connectivity index (χ0) is 26.3. The minimum Gasteiger partial charge on any atom is -0.462 e. The van der Waals surface area contributed by atoms with Crippen LogP contribution in [0.5, 0.6) is 0 Å². The van der Waals surface area contributed by atoms with Crippen LogP contribution >= 0.6 is 0 Å². The van der Waals surface area contributed by atoms with Crippen LogP contribution in [0.3, 0.4) is 0 Å². The smallest absolute Gasteiger partial charge is 0.338 e. The quantitative estimate of drug-likeness (QED) is 0.104. The Morgan fingerprint density at radius 1 is 0.611 bits per heavy atom. The summed E-state index contributed by atoms with van der Waals surface area (Å²) in [5.74, 6) is -0.164.